The van der Waals surface area contributed by atoms with Gasteiger partial charge in [-0.1, -0.05) is 308 Å². The molecule has 0 saturated carbocycles. The lowest BCUT2D eigenvalue weighted by atomic mass is 10.0. The third-order valence-electron chi connectivity index (χ3n) is 14.2. The van der Waals surface area contributed by atoms with Crippen molar-refractivity contribution in [3.05, 3.63) is 24.3 Å². The summed E-state index contributed by atoms with van der Waals surface area (Å²) >= 11 is 0. The zero-order valence-corrected chi connectivity index (χ0v) is 47.3. The number of carbonyl (C=O) groups excluding carboxylic acids is 3. The standard InChI is InChI=1S/C64H120O6/c1-4-7-10-13-16-19-22-25-28-30-32-34-36-39-42-45-48-51-54-57-63(66)69-60-61(59-68-62(65)56-53-50-47-44-41-38-27-24-21-18-15-12-9-6-3)70-64(67)58-55-52-49-46-43-40-37-35-33-31-29-26-23-20-17-14-11-8-5-2/h15,18,24,27,61H,4-14,16-17,19-23,25-26,28-60H2,1-3H3/b18-15+,27-24+/t61-/m1/s1. The number of esters is 3. The Bertz CT molecular complexity index is 1130. The zero-order valence-electron chi connectivity index (χ0n) is 47.3. The predicted molar refractivity (Wildman–Crippen MR) is 303 cm³/mol. The van der Waals surface area contributed by atoms with Crippen LogP contribution in [-0.2, 0) is 28.6 Å². The SMILES string of the molecule is CCCC/C=C/C/C=C/CCCCCCCC(=O)OC[C@H](COC(=O)CCCCCCCCCCCCCCCCCCCCC)OC(=O)CCCCCCCCCCCCCCCCCCCCC. The second-order valence-electron chi connectivity index (χ2n) is 21.3. The van der Waals surface area contributed by atoms with Gasteiger partial charge in [-0.3, -0.25) is 14.4 Å². The van der Waals surface area contributed by atoms with Gasteiger partial charge in [0, 0.05) is 19.3 Å². The van der Waals surface area contributed by atoms with Gasteiger partial charge in [0.15, 0.2) is 6.10 Å². The number of hydrogen-bond donors (Lipinski definition) is 0. The van der Waals surface area contributed by atoms with Gasteiger partial charge in [-0.05, 0) is 44.9 Å². The zero-order chi connectivity index (χ0) is 50.7. The van der Waals surface area contributed by atoms with E-state index < -0.39 is 6.10 Å². The molecule has 0 aromatic rings. The fraction of sp³-hybridized carbons (Fsp3) is 0.891. The highest BCUT2D eigenvalue weighted by Crippen LogP contribution is 2.18. The molecule has 0 N–H and O–H groups in total. The maximum Gasteiger partial charge on any atom is 0.306 e. The summed E-state index contributed by atoms with van der Waals surface area (Å²) < 4.78 is 16.9. The highest BCUT2D eigenvalue weighted by Gasteiger charge is 2.19. The van der Waals surface area contributed by atoms with Crippen molar-refractivity contribution < 1.29 is 28.6 Å². The fourth-order valence-electron chi connectivity index (χ4n) is 9.46. The third-order valence-corrected chi connectivity index (χ3v) is 14.2. The summed E-state index contributed by atoms with van der Waals surface area (Å²) in [5.41, 5.74) is 0. The lowest BCUT2D eigenvalue weighted by Crippen LogP contribution is -2.30. The molecule has 0 rings (SSSR count). The fourth-order valence-corrected chi connectivity index (χ4v) is 9.46. The third kappa shape index (κ3) is 56.8. The minimum absolute atomic E-state index is 0.0697. The minimum atomic E-state index is -0.772. The highest BCUT2D eigenvalue weighted by molar-refractivity contribution is 5.71. The first-order valence-electron chi connectivity index (χ1n) is 31.3. The van der Waals surface area contributed by atoms with Crippen LogP contribution < -0.4 is 0 Å². The van der Waals surface area contributed by atoms with E-state index in [1.807, 2.05) is 0 Å². The Hall–Kier alpha value is -2.11. The molecule has 1 atom stereocenters. The smallest absolute Gasteiger partial charge is 0.306 e. The van der Waals surface area contributed by atoms with Gasteiger partial charge in [-0.25, -0.2) is 0 Å². The van der Waals surface area contributed by atoms with E-state index in [4.69, 9.17) is 14.2 Å². The van der Waals surface area contributed by atoms with Crippen LogP contribution in [-0.4, -0.2) is 37.2 Å². The van der Waals surface area contributed by atoms with E-state index in [2.05, 4.69) is 45.1 Å². The number of rotatable bonds is 58. The molecule has 70 heavy (non-hydrogen) atoms. The molecule has 0 aliphatic heterocycles. The number of hydrogen-bond acceptors (Lipinski definition) is 6. The topological polar surface area (TPSA) is 78.9 Å². The highest BCUT2D eigenvalue weighted by atomic mass is 16.6. The Morgan fingerprint density at radius 1 is 0.286 bits per heavy atom. The van der Waals surface area contributed by atoms with E-state index in [-0.39, 0.29) is 31.1 Å². The molecule has 0 bridgehead atoms. The van der Waals surface area contributed by atoms with Gasteiger partial charge in [0.05, 0.1) is 0 Å². The van der Waals surface area contributed by atoms with Crippen LogP contribution in [0.15, 0.2) is 24.3 Å². The van der Waals surface area contributed by atoms with Gasteiger partial charge in [-0.15, -0.1) is 0 Å². The molecule has 6 heteroatoms. The van der Waals surface area contributed by atoms with E-state index in [1.165, 1.54) is 231 Å². The average Bonchev–Trinajstić information content (AvgIpc) is 3.36. The van der Waals surface area contributed by atoms with E-state index in [9.17, 15) is 14.4 Å². The van der Waals surface area contributed by atoms with Crippen LogP contribution in [0.3, 0.4) is 0 Å². The first kappa shape index (κ1) is 67.9. The van der Waals surface area contributed by atoms with Gasteiger partial charge in [0.1, 0.15) is 13.2 Å². The van der Waals surface area contributed by atoms with Crippen LogP contribution >= 0.6 is 0 Å². The molecule has 0 unspecified atom stereocenters. The van der Waals surface area contributed by atoms with E-state index in [1.54, 1.807) is 0 Å². The minimum Gasteiger partial charge on any atom is -0.462 e. The second-order valence-corrected chi connectivity index (χ2v) is 21.3. The first-order valence-corrected chi connectivity index (χ1v) is 31.3. The van der Waals surface area contributed by atoms with E-state index in [0.29, 0.717) is 19.3 Å². The molecule has 0 radical (unpaired) electrons. The lowest BCUT2D eigenvalue weighted by Gasteiger charge is -2.18. The summed E-state index contributed by atoms with van der Waals surface area (Å²) in [6.07, 6.45) is 70.4. The lowest BCUT2D eigenvalue weighted by molar-refractivity contribution is -0.167. The predicted octanol–water partition coefficient (Wildman–Crippen LogP) is 21.1. The van der Waals surface area contributed by atoms with Crippen molar-refractivity contribution >= 4 is 17.9 Å². The van der Waals surface area contributed by atoms with Gasteiger partial charge >= 0.3 is 17.9 Å². The molecule has 0 spiro atoms. The number of allylic oxidation sites excluding steroid dienone is 4. The largest absolute Gasteiger partial charge is 0.462 e. The molecule has 0 saturated heterocycles. The summed E-state index contributed by atoms with van der Waals surface area (Å²) in [7, 11) is 0. The van der Waals surface area contributed by atoms with Crippen LogP contribution in [0.5, 0.6) is 0 Å². The van der Waals surface area contributed by atoms with Crippen molar-refractivity contribution in [3.63, 3.8) is 0 Å². The van der Waals surface area contributed by atoms with E-state index >= 15 is 0 Å². The molecule has 0 fully saturated rings. The van der Waals surface area contributed by atoms with Gasteiger partial charge in [0.2, 0.25) is 0 Å². The molecule has 6 nitrogen and oxygen atoms in total. The van der Waals surface area contributed by atoms with Crippen molar-refractivity contribution in [3.8, 4) is 0 Å². The van der Waals surface area contributed by atoms with Crippen molar-refractivity contribution in [2.45, 2.75) is 354 Å². The Labute approximate surface area is 436 Å². The van der Waals surface area contributed by atoms with Gasteiger partial charge in [-0.2, -0.15) is 0 Å². The van der Waals surface area contributed by atoms with Crippen molar-refractivity contribution in [1.29, 1.82) is 0 Å². The first-order chi connectivity index (χ1) is 34.5. The Balaban J connectivity index is 4.30. The molecule has 0 amide bonds. The normalized spacial score (nSPS) is 12.1. The summed E-state index contributed by atoms with van der Waals surface area (Å²) in [6, 6.07) is 0. The van der Waals surface area contributed by atoms with Crippen molar-refractivity contribution in [2.75, 3.05) is 13.2 Å². The van der Waals surface area contributed by atoms with Gasteiger partial charge < -0.3 is 14.2 Å². The Kier molecular flexibility index (Phi) is 57.7. The molecular formula is C64H120O6. The average molecular weight is 986 g/mol. The summed E-state index contributed by atoms with van der Waals surface area (Å²) in [5, 5.41) is 0. The van der Waals surface area contributed by atoms with Crippen molar-refractivity contribution in [2.24, 2.45) is 0 Å². The number of unbranched alkanes of at least 4 members (excludes halogenated alkanes) is 43. The maximum atomic E-state index is 12.9. The molecule has 0 aromatic carbocycles. The quantitative estimate of drug-likeness (QED) is 0.0261. The molecular weight excluding hydrogens is 865 g/mol. The maximum absolute atomic E-state index is 12.9. The Morgan fingerprint density at radius 3 is 0.829 bits per heavy atom. The van der Waals surface area contributed by atoms with Crippen LogP contribution in [0.1, 0.15) is 348 Å². The molecule has 0 aliphatic rings. The molecule has 412 valence electrons. The van der Waals surface area contributed by atoms with Crippen LogP contribution in [0, 0.1) is 0 Å². The van der Waals surface area contributed by atoms with Crippen LogP contribution in [0.2, 0.25) is 0 Å². The Morgan fingerprint density at radius 2 is 0.529 bits per heavy atom. The van der Waals surface area contributed by atoms with E-state index in [0.717, 1.165) is 77.0 Å². The number of ether oxygens (including phenoxy) is 3. The molecule has 0 aliphatic carbocycles. The number of carbonyl (C=O) groups is 3. The van der Waals surface area contributed by atoms with Crippen molar-refractivity contribution in [1.82, 2.24) is 0 Å². The summed E-state index contributed by atoms with van der Waals surface area (Å²) in [5.74, 6) is -0.857. The van der Waals surface area contributed by atoms with Crippen LogP contribution in [0.25, 0.3) is 0 Å². The second kappa shape index (κ2) is 59.5. The monoisotopic (exact) mass is 985 g/mol. The summed E-state index contributed by atoms with van der Waals surface area (Å²) in [6.45, 7) is 6.66. The van der Waals surface area contributed by atoms with Crippen LogP contribution in [0.4, 0.5) is 0 Å². The van der Waals surface area contributed by atoms with Gasteiger partial charge in [0.25, 0.3) is 0 Å². The molecule has 0 aromatic heterocycles. The molecule has 0 heterocycles. The summed E-state index contributed by atoms with van der Waals surface area (Å²) in [4.78, 5) is 38.3.